The molecule has 0 saturated carbocycles. The number of phenols is 1. The van der Waals surface area contributed by atoms with E-state index in [-0.39, 0.29) is 5.56 Å². The summed E-state index contributed by atoms with van der Waals surface area (Å²) in [7, 11) is 0. The van der Waals surface area contributed by atoms with E-state index in [9.17, 15) is 14.6 Å². The predicted octanol–water partition coefficient (Wildman–Crippen LogP) is 2.07. The van der Waals surface area contributed by atoms with E-state index in [2.05, 4.69) is 0 Å². The highest BCUT2D eigenvalue weighted by atomic mass is 19.1. The van der Waals surface area contributed by atoms with E-state index in [0.29, 0.717) is 5.56 Å². The highest BCUT2D eigenvalue weighted by Gasteiger charge is 2.22. The first-order valence-corrected chi connectivity index (χ1v) is 4.04. The van der Waals surface area contributed by atoms with Crippen molar-refractivity contribution >= 4 is 0 Å². The van der Waals surface area contributed by atoms with Crippen LogP contribution in [0.25, 0.3) is 0 Å². The van der Waals surface area contributed by atoms with Crippen LogP contribution in [0.15, 0.2) is 12.1 Å². The van der Waals surface area contributed by atoms with Crippen molar-refractivity contribution in [2.75, 3.05) is 0 Å². The zero-order chi connectivity index (χ0) is 10.2. The molecule has 0 amide bonds. The molecule has 0 aromatic heterocycles. The number of aryl methyl sites for hydroxylation is 1. The second kappa shape index (κ2) is 3.00. The molecule has 0 saturated heterocycles. The third-order valence-electron chi connectivity index (χ3n) is 1.87. The SMILES string of the molecule is Cc1cc(F)c(O)c(C(C)(C)O)c1. The van der Waals surface area contributed by atoms with Crippen LogP contribution in [0.2, 0.25) is 0 Å². The van der Waals surface area contributed by atoms with E-state index < -0.39 is 17.2 Å². The van der Waals surface area contributed by atoms with Crippen molar-refractivity contribution in [3.63, 3.8) is 0 Å². The summed E-state index contributed by atoms with van der Waals surface area (Å²) in [5.41, 5.74) is -0.339. The smallest absolute Gasteiger partial charge is 0.165 e. The lowest BCUT2D eigenvalue weighted by molar-refractivity contribution is 0.0751. The zero-order valence-corrected chi connectivity index (χ0v) is 7.93. The molecule has 1 aromatic carbocycles. The maximum atomic E-state index is 13.0. The molecule has 13 heavy (non-hydrogen) atoms. The maximum absolute atomic E-state index is 13.0. The molecule has 2 N–H and O–H groups in total. The standard InChI is InChI=1S/C10H13FO2/c1-6-4-7(10(2,3)13)9(12)8(11)5-6/h4-5,12-13H,1-3H3. The summed E-state index contributed by atoms with van der Waals surface area (Å²) in [6.45, 7) is 4.71. The predicted molar refractivity (Wildman–Crippen MR) is 48.0 cm³/mol. The van der Waals surface area contributed by atoms with Gasteiger partial charge in [0.1, 0.15) is 0 Å². The third kappa shape index (κ3) is 1.98. The number of aliphatic hydroxyl groups is 1. The minimum atomic E-state index is -1.23. The summed E-state index contributed by atoms with van der Waals surface area (Å²) < 4.78 is 13.0. The second-order valence-electron chi connectivity index (χ2n) is 3.70. The van der Waals surface area contributed by atoms with E-state index >= 15 is 0 Å². The zero-order valence-electron chi connectivity index (χ0n) is 7.93. The summed E-state index contributed by atoms with van der Waals surface area (Å²) in [4.78, 5) is 0. The van der Waals surface area contributed by atoms with Gasteiger partial charge in [-0.25, -0.2) is 4.39 Å². The summed E-state index contributed by atoms with van der Waals surface area (Å²) in [5.74, 6) is -1.17. The lowest BCUT2D eigenvalue weighted by Crippen LogP contribution is -2.16. The normalized spacial score (nSPS) is 11.8. The van der Waals surface area contributed by atoms with Crippen LogP contribution in [0.3, 0.4) is 0 Å². The first-order valence-electron chi connectivity index (χ1n) is 4.04. The van der Waals surface area contributed by atoms with Gasteiger partial charge in [0.15, 0.2) is 11.6 Å². The van der Waals surface area contributed by atoms with E-state index in [1.165, 1.54) is 19.9 Å². The van der Waals surface area contributed by atoms with Gasteiger partial charge >= 0.3 is 0 Å². The molecule has 2 nitrogen and oxygen atoms in total. The Balaban J connectivity index is 3.37. The Kier molecular flexibility index (Phi) is 2.30. The average Bonchev–Trinajstić information content (AvgIpc) is 1.94. The summed E-state index contributed by atoms with van der Waals surface area (Å²) >= 11 is 0. The van der Waals surface area contributed by atoms with Gasteiger partial charge in [0.05, 0.1) is 5.60 Å². The molecule has 1 aromatic rings. The quantitative estimate of drug-likeness (QED) is 0.701. The molecule has 0 aliphatic rings. The van der Waals surface area contributed by atoms with Crippen LogP contribution >= 0.6 is 0 Å². The van der Waals surface area contributed by atoms with Gasteiger partial charge in [-0.05, 0) is 38.5 Å². The van der Waals surface area contributed by atoms with Crippen molar-refractivity contribution < 1.29 is 14.6 Å². The topological polar surface area (TPSA) is 40.5 Å². The fraction of sp³-hybridized carbons (Fsp3) is 0.400. The minimum absolute atomic E-state index is 0.213. The van der Waals surface area contributed by atoms with Crippen molar-refractivity contribution in [3.8, 4) is 5.75 Å². The van der Waals surface area contributed by atoms with Crippen LogP contribution in [0, 0.1) is 12.7 Å². The van der Waals surface area contributed by atoms with E-state index in [0.717, 1.165) is 0 Å². The Morgan fingerprint density at radius 2 is 1.85 bits per heavy atom. The van der Waals surface area contributed by atoms with Crippen LogP contribution in [-0.4, -0.2) is 10.2 Å². The highest BCUT2D eigenvalue weighted by Crippen LogP contribution is 2.31. The lowest BCUT2D eigenvalue weighted by atomic mass is 9.95. The molecule has 0 heterocycles. The number of phenolic OH excluding ortho intramolecular Hbond substituents is 1. The molecular formula is C10H13FO2. The van der Waals surface area contributed by atoms with Crippen molar-refractivity contribution in [2.45, 2.75) is 26.4 Å². The largest absolute Gasteiger partial charge is 0.505 e. The van der Waals surface area contributed by atoms with Gasteiger partial charge in [0, 0.05) is 5.56 Å². The number of rotatable bonds is 1. The Morgan fingerprint density at radius 3 is 2.31 bits per heavy atom. The van der Waals surface area contributed by atoms with Crippen LogP contribution in [-0.2, 0) is 5.60 Å². The first-order chi connectivity index (χ1) is 5.82. The number of halogens is 1. The molecule has 0 fully saturated rings. The van der Waals surface area contributed by atoms with Crippen LogP contribution in [0.1, 0.15) is 25.0 Å². The van der Waals surface area contributed by atoms with E-state index in [1.54, 1.807) is 13.0 Å². The molecule has 0 bridgehead atoms. The second-order valence-corrected chi connectivity index (χ2v) is 3.70. The fourth-order valence-electron chi connectivity index (χ4n) is 1.20. The third-order valence-corrected chi connectivity index (χ3v) is 1.87. The number of hydrogen-bond acceptors (Lipinski definition) is 2. The van der Waals surface area contributed by atoms with Crippen LogP contribution < -0.4 is 0 Å². The number of benzene rings is 1. The van der Waals surface area contributed by atoms with Gasteiger partial charge in [0.2, 0.25) is 0 Å². The molecule has 0 aliphatic carbocycles. The fourth-order valence-corrected chi connectivity index (χ4v) is 1.20. The summed E-state index contributed by atoms with van der Waals surface area (Å²) in [6, 6.07) is 2.79. The maximum Gasteiger partial charge on any atom is 0.165 e. The van der Waals surface area contributed by atoms with Crippen molar-refractivity contribution in [3.05, 3.63) is 29.1 Å². The molecule has 0 atom stereocenters. The Hall–Kier alpha value is -1.09. The monoisotopic (exact) mass is 184 g/mol. The van der Waals surface area contributed by atoms with E-state index in [1.807, 2.05) is 0 Å². The Bertz CT molecular complexity index is 326. The van der Waals surface area contributed by atoms with Gasteiger partial charge in [-0.2, -0.15) is 0 Å². The molecule has 0 radical (unpaired) electrons. The Morgan fingerprint density at radius 1 is 1.31 bits per heavy atom. The van der Waals surface area contributed by atoms with Crippen molar-refractivity contribution in [1.82, 2.24) is 0 Å². The average molecular weight is 184 g/mol. The van der Waals surface area contributed by atoms with Gasteiger partial charge in [0.25, 0.3) is 0 Å². The lowest BCUT2D eigenvalue weighted by Gasteiger charge is -2.19. The first kappa shape index (κ1) is 9.99. The summed E-state index contributed by atoms with van der Waals surface area (Å²) in [6.07, 6.45) is 0. The van der Waals surface area contributed by atoms with Crippen LogP contribution in [0.4, 0.5) is 4.39 Å². The number of hydrogen-bond donors (Lipinski definition) is 2. The van der Waals surface area contributed by atoms with Crippen LogP contribution in [0.5, 0.6) is 5.75 Å². The summed E-state index contributed by atoms with van der Waals surface area (Å²) in [5, 5.41) is 18.9. The molecule has 72 valence electrons. The molecule has 1 rings (SSSR count). The highest BCUT2D eigenvalue weighted by molar-refractivity contribution is 5.40. The van der Waals surface area contributed by atoms with Gasteiger partial charge in [-0.3, -0.25) is 0 Å². The minimum Gasteiger partial charge on any atom is -0.505 e. The Labute approximate surface area is 76.6 Å². The van der Waals surface area contributed by atoms with Crippen molar-refractivity contribution in [1.29, 1.82) is 0 Å². The van der Waals surface area contributed by atoms with Gasteiger partial charge in [-0.15, -0.1) is 0 Å². The van der Waals surface area contributed by atoms with Gasteiger partial charge in [-0.1, -0.05) is 0 Å². The van der Waals surface area contributed by atoms with Gasteiger partial charge < -0.3 is 10.2 Å². The number of aromatic hydroxyl groups is 1. The van der Waals surface area contributed by atoms with Crippen molar-refractivity contribution in [2.24, 2.45) is 0 Å². The molecular weight excluding hydrogens is 171 g/mol. The molecule has 0 unspecified atom stereocenters. The van der Waals surface area contributed by atoms with E-state index in [4.69, 9.17) is 0 Å². The molecule has 0 aliphatic heterocycles. The molecule has 0 spiro atoms. The molecule has 3 heteroatoms.